The average molecular weight is 464 g/mol. The molecule has 4 aromatic rings. The number of aromatic nitrogens is 2. The fourth-order valence-corrected chi connectivity index (χ4v) is 4.11. The van der Waals surface area contributed by atoms with Crippen LogP contribution in [0.4, 0.5) is 24.5 Å². The van der Waals surface area contributed by atoms with Crippen LogP contribution in [0.15, 0.2) is 72.9 Å². The molecule has 1 aliphatic rings. The summed E-state index contributed by atoms with van der Waals surface area (Å²) in [4.78, 5) is 11.0. The van der Waals surface area contributed by atoms with Gasteiger partial charge in [0.2, 0.25) is 0 Å². The molecule has 0 atom stereocenters. The third-order valence-corrected chi connectivity index (χ3v) is 5.89. The van der Waals surface area contributed by atoms with Gasteiger partial charge in [-0.05, 0) is 35.9 Å². The van der Waals surface area contributed by atoms with Crippen molar-refractivity contribution in [3.8, 4) is 11.4 Å². The molecule has 0 amide bonds. The largest absolute Gasteiger partial charge is 0.417 e. The number of nitrogens with one attached hydrogen (secondary N) is 1. The van der Waals surface area contributed by atoms with E-state index in [9.17, 15) is 13.2 Å². The Bertz CT molecular complexity index is 1290. The highest BCUT2D eigenvalue weighted by molar-refractivity contribution is 5.91. The second-order valence-corrected chi connectivity index (χ2v) is 8.09. The van der Waals surface area contributed by atoms with Crippen LogP contribution < -0.4 is 10.2 Å². The van der Waals surface area contributed by atoms with E-state index in [1.807, 2.05) is 12.1 Å². The summed E-state index contributed by atoms with van der Waals surface area (Å²) in [5.74, 6) is 0.0521. The number of nitrogens with zero attached hydrogens (tertiary/aromatic N) is 3. The second-order valence-electron chi connectivity index (χ2n) is 8.09. The van der Waals surface area contributed by atoms with E-state index in [0.29, 0.717) is 12.1 Å². The lowest BCUT2D eigenvalue weighted by Crippen LogP contribution is -2.36. The molecule has 5 rings (SSSR count). The number of alkyl halides is 3. The van der Waals surface area contributed by atoms with Crippen molar-refractivity contribution in [2.45, 2.75) is 12.7 Å². The number of fused-ring (bicyclic) bond motifs is 1. The lowest BCUT2D eigenvalue weighted by molar-refractivity contribution is -0.137. The van der Waals surface area contributed by atoms with Gasteiger partial charge in [0.1, 0.15) is 0 Å². The average Bonchev–Trinajstić information content (AvgIpc) is 2.87. The highest BCUT2D eigenvalue weighted by Crippen LogP contribution is 2.36. The Hall–Kier alpha value is -3.65. The molecular formula is C26H23F3N4O. The highest BCUT2D eigenvalue weighted by atomic mass is 19.4. The smallest absolute Gasteiger partial charge is 0.380 e. The number of anilines is 2. The van der Waals surface area contributed by atoms with Crippen LogP contribution in [0.3, 0.4) is 0 Å². The zero-order valence-corrected chi connectivity index (χ0v) is 18.3. The number of halogens is 3. The fourth-order valence-electron chi connectivity index (χ4n) is 4.11. The van der Waals surface area contributed by atoms with Crippen molar-refractivity contribution in [2.24, 2.45) is 0 Å². The van der Waals surface area contributed by atoms with Crippen molar-refractivity contribution in [3.05, 3.63) is 84.1 Å². The van der Waals surface area contributed by atoms with Crippen LogP contribution in [-0.2, 0) is 17.5 Å². The summed E-state index contributed by atoms with van der Waals surface area (Å²) < 4.78 is 45.7. The van der Waals surface area contributed by atoms with Crippen molar-refractivity contribution in [1.82, 2.24) is 9.97 Å². The van der Waals surface area contributed by atoms with Crippen molar-refractivity contribution in [1.29, 1.82) is 0 Å². The Morgan fingerprint density at radius 3 is 2.44 bits per heavy atom. The van der Waals surface area contributed by atoms with Crippen LogP contribution in [0, 0.1) is 0 Å². The van der Waals surface area contributed by atoms with Gasteiger partial charge in [0.15, 0.2) is 5.82 Å². The van der Waals surface area contributed by atoms with Crippen molar-refractivity contribution in [3.63, 3.8) is 0 Å². The first-order chi connectivity index (χ1) is 16.5. The molecule has 1 fully saturated rings. The molecule has 1 aromatic heterocycles. The van der Waals surface area contributed by atoms with Gasteiger partial charge in [-0.2, -0.15) is 13.2 Å². The molecule has 8 heteroatoms. The Labute approximate surface area is 195 Å². The first-order valence-electron chi connectivity index (χ1n) is 11.1. The van der Waals surface area contributed by atoms with Crippen LogP contribution in [0.1, 0.15) is 11.1 Å². The topological polar surface area (TPSA) is 50.3 Å². The quantitative estimate of drug-likeness (QED) is 0.407. The molecule has 0 aliphatic carbocycles. The zero-order chi connectivity index (χ0) is 23.5. The maximum absolute atomic E-state index is 13.4. The van der Waals surface area contributed by atoms with Gasteiger partial charge in [-0.1, -0.05) is 36.4 Å². The van der Waals surface area contributed by atoms with Gasteiger partial charge in [0.25, 0.3) is 0 Å². The minimum Gasteiger partial charge on any atom is -0.380 e. The molecular weight excluding hydrogens is 441 g/mol. The minimum atomic E-state index is -4.48. The number of ether oxygens (including phenoxy) is 1. The second kappa shape index (κ2) is 9.30. The number of benzene rings is 3. The minimum absolute atomic E-state index is 0.0318. The van der Waals surface area contributed by atoms with E-state index in [-0.39, 0.29) is 11.4 Å². The summed E-state index contributed by atoms with van der Waals surface area (Å²) in [6.07, 6.45) is -2.90. The number of hydrogen-bond donors (Lipinski definition) is 1. The van der Waals surface area contributed by atoms with Gasteiger partial charge in [-0.15, -0.1) is 0 Å². The summed E-state index contributed by atoms with van der Waals surface area (Å²) in [7, 11) is 0. The number of hydrogen-bond acceptors (Lipinski definition) is 5. The van der Waals surface area contributed by atoms with Gasteiger partial charge >= 0.3 is 6.18 Å². The third kappa shape index (κ3) is 4.68. The monoisotopic (exact) mass is 464 g/mol. The van der Waals surface area contributed by atoms with Crippen LogP contribution in [-0.4, -0.2) is 36.3 Å². The molecule has 0 saturated carbocycles. The Morgan fingerprint density at radius 2 is 1.68 bits per heavy atom. The summed E-state index contributed by atoms with van der Waals surface area (Å²) >= 11 is 0. The molecule has 1 N–H and O–H groups in total. The van der Waals surface area contributed by atoms with Crippen LogP contribution in [0.5, 0.6) is 0 Å². The highest BCUT2D eigenvalue weighted by Gasteiger charge is 2.34. The number of rotatable bonds is 5. The van der Waals surface area contributed by atoms with Crippen LogP contribution in [0.25, 0.3) is 22.3 Å². The van der Waals surface area contributed by atoms with E-state index in [4.69, 9.17) is 4.74 Å². The molecule has 0 bridgehead atoms. The summed E-state index contributed by atoms with van der Waals surface area (Å²) in [5, 5.41) is 4.15. The van der Waals surface area contributed by atoms with Gasteiger partial charge in [0.05, 0.1) is 24.3 Å². The van der Waals surface area contributed by atoms with Crippen LogP contribution >= 0.6 is 0 Å². The molecule has 34 heavy (non-hydrogen) atoms. The van der Waals surface area contributed by atoms with Crippen molar-refractivity contribution >= 4 is 22.3 Å². The molecule has 1 saturated heterocycles. The molecule has 5 nitrogen and oxygen atoms in total. The zero-order valence-electron chi connectivity index (χ0n) is 18.3. The van der Waals surface area contributed by atoms with E-state index in [2.05, 4.69) is 44.5 Å². The third-order valence-electron chi connectivity index (χ3n) is 5.89. The lowest BCUT2D eigenvalue weighted by atomic mass is 10.1. The predicted octanol–water partition coefficient (Wildman–Crippen LogP) is 5.76. The first-order valence-corrected chi connectivity index (χ1v) is 11.1. The van der Waals surface area contributed by atoms with E-state index < -0.39 is 11.7 Å². The molecule has 1 aliphatic heterocycles. The van der Waals surface area contributed by atoms with E-state index in [0.717, 1.165) is 49.0 Å². The van der Waals surface area contributed by atoms with E-state index >= 15 is 0 Å². The number of morpholine rings is 1. The lowest BCUT2D eigenvalue weighted by Gasteiger charge is -2.28. The maximum Gasteiger partial charge on any atom is 0.417 e. The Kier molecular flexibility index (Phi) is 6.06. The molecule has 0 unspecified atom stereocenters. The van der Waals surface area contributed by atoms with Gasteiger partial charge in [0, 0.05) is 48.2 Å². The standard InChI is InChI=1S/C26H23F3N4O/c27-26(28,29)22-5-2-1-4-20(22)25-31-17-21-23(6-3-7-24(21)32-25)30-16-18-8-10-19(11-9-18)33-12-14-34-15-13-33/h1-11,17,30H,12-16H2. The molecule has 3 aromatic carbocycles. The Morgan fingerprint density at radius 1 is 0.912 bits per heavy atom. The Balaban J connectivity index is 1.35. The van der Waals surface area contributed by atoms with Crippen molar-refractivity contribution < 1.29 is 17.9 Å². The van der Waals surface area contributed by atoms with E-state index in [1.54, 1.807) is 18.3 Å². The fraction of sp³-hybridized carbons (Fsp3) is 0.231. The van der Waals surface area contributed by atoms with Gasteiger partial charge < -0.3 is 15.0 Å². The normalized spacial score (nSPS) is 14.4. The summed E-state index contributed by atoms with van der Waals surface area (Å²) in [5.41, 5.74) is 2.92. The SMILES string of the molecule is FC(F)(F)c1ccccc1-c1ncc2c(NCc3ccc(N4CCOCC4)cc3)cccc2n1. The predicted molar refractivity (Wildman–Crippen MR) is 127 cm³/mol. The van der Waals surface area contributed by atoms with Crippen molar-refractivity contribution in [2.75, 3.05) is 36.5 Å². The molecule has 0 radical (unpaired) electrons. The molecule has 174 valence electrons. The van der Waals surface area contributed by atoms with E-state index in [1.165, 1.54) is 17.8 Å². The molecule has 0 spiro atoms. The molecule has 2 heterocycles. The summed E-state index contributed by atoms with van der Waals surface area (Å²) in [6, 6.07) is 19.3. The first kappa shape index (κ1) is 22.2. The van der Waals surface area contributed by atoms with Gasteiger partial charge in [-0.3, -0.25) is 0 Å². The van der Waals surface area contributed by atoms with Crippen LogP contribution in [0.2, 0.25) is 0 Å². The summed E-state index contributed by atoms with van der Waals surface area (Å²) in [6.45, 7) is 3.87. The maximum atomic E-state index is 13.4. The van der Waals surface area contributed by atoms with Gasteiger partial charge in [-0.25, -0.2) is 9.97 Å².